The van der Waals surface area contributed by atoms with Gasteiger partial charge < -0.3 is 19.2 Å². The van der Waals surface area contributed by atoms with Crippen molar-refractivity contribution in [1.82, 2.24) is 0 Å². The smallest absolute Gasteiger partial charge is 0.330 e. The van der Waals surface area contributed by atoms with Gasteiger partial charge in [-0.05, 0) is 76.3 Å². The summed E-state index contributed by atoms with van der Waals surface area (Å²) in [5.41, 5.74) is 1.63. The van der Waals surface area contributed by atoms with E-state index in [1.54, 1.807) is 39.8 Å². The molecule has 0 aromatic heterocycles. The first kappa shape index (κ1) is 23.8. The number of carbonyl (C=O) groups is 1. The monoisotopic (exact) mass is 453 g/mol. The fourth-order valence-corrected chi connectivity index (χ4v) is 4.34. The van der Waals surface area contributed by atoms with Gasteiger partial charge in [-0.25, -0.2) is 4.39 Å². The summed E-state index contributed by atoms with van der Waals surface area (Å²) in [6.07, 6.45) is 0.841. The van der Waals surface area contributed by atoms with E-state index in [1.807, 2.05) is 25.1 Å². The quantitative estimate of drug-likeness (QED) is 0.464. The highest BCUT2D eigenvalue weighted by Gasteiger charge is 2.60. The number of esters is 1. The van der Waals surface area contributed by atoms with Crippen LogP contribution in [0.5, 0.6) is 5.75 Å². The van der Waals surface area contributed by atoms with Gasteiger partial charge in [-0.15, -0.1) is 0 Å². The summed E-state index contributed by atoms with van der Waals surface area (Å²) in [6.45, 7) is 9.28. The van der Waals surface area contributed by atoms with Gasteiger partial charge in [0.2, 0.25) is 0 Å². The van der Waals surface area contributed by atoms with Crippen LogP contribution in [-0.4, -0.2) is 36.4 Å². The van der Waals surface area contributed by atoms with E-state index in [4.69, 9.17) is 14.1 Å². The summed E-state index contributed by atoms with van der Waals surface area (Å²) >= 11 is 0. The number of rotatable bonds is 9. The van der Waals surface area contributed by atoms with E-state index in [-0.39, 0.29) is 30.2 Å². The average Bonchev–Trinajstić information content (AvgIpc) is 3.33. The fraction of sp³-hybridized carbons (Fsp3) is 0.500. The second-order valence-electron chi connectivity index (χ2n) is 9.98. The predicted molar refractivity (Wildman–Crippen MR) is 124 cm³/mol. The molecule has 4 rings (SSSR count). The van der Waals surface area contributed by atoms with Gasteiger partial charge in [0, 0.05) is 11.5 Å². The minimum Gasteiger partial charge on any atom is -0.489 e. The third-order valence-corrected chi connectivity index (χ3v) is 7.08. The molecule has 2 aliphatic rings. The topological polar surface area (TPSA) is 65.0 Å². The predicted octanol–water partition coefficient (Wildman–Crippen LogP) is 3.66. The van der Waals surface area contributed by atoms with Crippen LogP contribution < -0.4 is 10.2 Å². The van der Waals surface area contributed by atoms with Crippen molar-refractivity contribution in [3.05, 3.63) is 58.9 Å². The Morgan fingerprint density at radius 3 is 2.64 bits per heavy atom. The number of aliphatic hydroxyl groups is 1. The second kappa shape index (κ2) is 8.77. The first-order valence-electron chi connectivity index (χ1n) is 11.5. The van der Waals surface area contributed by atoms with E-state index in [1.165, 1.54) is 24.7 Å². The number of hydrogen-bond donors (Lipinski definition) is 1. The fourth-order valence-electron chi connectivity index (χ4n) is 4.34. The number of carbonyl (C=O) groups excluding carboxylic acids is 1. The number of halogens is 1. The molecule has 2 aromatic carbocycles. The van der Waals surface area contributed by atoms with Crippen LogP contribution in [0.15, 0.2) is 36.4 Å². The Morgan fingerprint density at radius 1 is 1.18 bits per heavy atom. The maximum absolute atomic E-state index is 14.4. The van der Waals surface area contributed by atoms with Crippen LogP contribution in [0.1, 0.15) is 57.2 Å². The Kier molecular flexibility index (Phi) is 6.31. The lowest BCUT2D eigenvalue weighted by atomic mass is 9.82. The molecule has 3 atom stereocenters. The molecule has 2 aromatic rings. The lowest BCUT2D eigenvalue weighted by Gasteiger charge is -2.37. The normalized spacial score (nSPS) is 21.2. The summed E-state index contributed by atoms with van der Waals surface area (Å²) in [5, 5.41) is 10.2. The summed E-state index contributed by atoms with van der Waals surface area (Å²) in [7, 11) is 1.53. The largest absolute Gasteiger partial charge is 0.489 e. The number of fused-ring (bicyclic) bond motifs is 3. The molecule has 0 saturated heterocycles. The molecule has 0 aliphatic heterocycles. The Balaban J connectivity index is 1.37. The molecule has 0 bridgehead atoms. The SMILES string of the molecule is CCOC(=O)[C@H]1[C@@H]2Cc3cc(OCc4cc([B]OC(C)(C)C(C)(C)O)ccc4F)ccc3[C@@H]21. The highest BCUT2D eigenvalue weighted by molar-refractivity contribution is 6.47. The summed E-state index contributed by atoms with van der Waals surface area (Å²) in [6, 6.07) is 10.6. The van der Waals surface area contributed by atoms with Gasteiger partial charge in [0.25, 0.3) is 0 Å². The van der Waals surface area contributed by atoms with Crippen LogP contribution in [0.2, 0.25) is 0 Å². The van der Waals surface area contributed by atoms with Crippen molar-refractivity contribution in [3.63, 3.8) is 0 Å². The zero-order chi connectivity index (χ0) is 24.0. The van der Waals surface area contributed by atoms with Crippen LogP contribution in [-0.2, 0) is 27.2 Å². The molecule has 1 fully saturated rings. The lowest BCUT2D eigenvalue weighted by Crippen LogP contribution is -2.49. The van der Waals surface area contributed by atoms with Gasteiger partial charge in [0.05, 0.1) is 23.7 Å². The molecule has 0 unspecified atom stereocenters. The zero-order valence-corrected chi connectivity index (χ0v) is 19.9. The van der Waals surface area contributed by atoms with Gasteiger partial charge in [-0.2, -0.15) is 0 Å². The third-order valence-electron chi connectivity index (χ3n) is 7.08. The highest BCUT2D eigenvalue weighted by Crippen LogP contribution is 2.62. The third kappa shape index (κ3) is 4.80. The first-order valence-corrected chi connectivity index (χ1v) is 11.5. The van der Waals surface area contributed by atoms with Gasteiger partial charge in [0.15, 0.2) is 0 Å². The molecule has 1 saturated carbocycles. The van der Waals surface area contributed by atoms with Crippen molar-refractivity contribution in [2.24, 2.45) is 11.8 Å². The molecule has 0 heterocycles. The highest BCUT2D eigenvalue weighted by atomic mass is 19.1. The standard InChI is InChI=1S/C26H31BFO5/c1-6-31-24(29)23-20-13-15-12-18(8-9-19(15)22(20)23)32-14-16-11-17(7-10-21(16)28)27-33-26(4,5)25(2,3)30/h7-12,20,22-23,30H,6,13-14H2,1-5H3/t20-,22+,23+/m1/s1. The number of hydrogen-bond acceptors (Lipinski definition) is 5. The molecule has 1 radical (unpaired) electrons. The molecule has 1 N–H and O–H groups in total. The van der Waals surface area contributed by atoms with Gasteiger partial charge in [-0.3, -0.25) is 4.79 Å². The molecule has 7 heteroatoms. The summed E-state index contributed by atoms with van der Waals surface area (Å²) < 4.78 is 31.2. The molecule has 175 valence electrons. The van der Waals surface area contributed by atoms with Crippen molar-refractivity contribution < 1.29 is 28.4 Å². The average molecular weight is 453 g/mol. The number of ether oxygens (including phenoxy) is 2. The Morgan fingerprint density at radius 2 is 1.94 bits per heavy atom. The molecular formula is C26H31BFO5. The van der Waals surface area contributed by atoms with Crippen LogP contribution >= 0.6 is 0 Å². The van der Waals surface area contributed by atoms with E-state index in [0.29, 0.717) is 29.3 Å². The molecular weight excluding hydrogens is 422 g/mol. The number of benzene rings is 2. The van der Waals surface area contributed by atoms with Crippen LogP contribution in [0.25, 0.3) is 0 Å². The minimum atomic E-state index is -1.04. The Hall–Kier alpha value is -2.38. The Bertz CT molecular complexity index is 1050. The molecule has 33 heavy (non-hydrogen) atoms. The van der Waals surface area contributed by atoms with Gasteiger partial charge in [0.1, 0.15) is 18.2 Å². The lowest BCUT2D eigenvalue weighted by molar-refractivity contribution is -0.145. The maximum Gasteiger partial charge on any atom is 0.330 e. The maximum atomic E-state index is 14.4. The van der Waals surface area contributed by atoms with Crippen molar-refractivity contribution in [2.45, 2.75) is 64.8 Å². The molecule has 2 aliphatic carbocycles. The summed E-state index contributed by atoms with van der Waals surface area (Å²) in [4.78, 5) is 12.1. The molecule has 0 spiro atoms. The van der Waals surface area contributed by atoms with Crippen molar-refractivity contribution >= 4 is 18.9 Å². The van der Waals surface area contributed by atoms with Crippen LogP contribution in [0, 0.1) is 17.7 Å². The minimum absolute atomic E-state index is 0.0130. The second-order valence-corrected chi connectivity index (χ2v) is 9.98. The molecule has 0 amide bonds. The summed E-state index contributed by atoms with van der Waals surface area (Å²) in [5.74, 6) is 0.795. The first-order chi connectivity index (χ1) is 15.5. The van der Waals surface area contributed by atoms with E-state index in [2.05, 4.69) is 0 Å². The van der Waals surface area contributed by atoms with E-state index >= 15 is 0 Å². The molecule has 5 nitrogen and oxygen atoms in total. The van der Waals surface area contributed by atoms with Crippen LogP contribution in [0.3, 0.4) is 0 Å². The van der Waals surface area contributed by atoms with E-state index < -0.39 is 11.2 Å². The Labute approximate surface area is 195 Å². The van der Waals surface area contributed by atoms with Crippen molar-refractivity contribution in [2.75, 3.05) is 6.61 Å². The van der Waals surface area contributed by atoms with Crippen molar-refractivity contribution in [1.29, 1.82) is 0 Å². The van der Waals surface area contributed by atoms with Crippen LogP contribution in [0.4, 0.5) is 4.39 Å². The van der Waals surface area contributed by atoms with E-state index in [0.717, 1.165) is 6.42 Å². The van der Waals surface area contributed by atoms with Gasteiger partial charge in [-0.1, -0.05) is 23.7 Å². The van der Waals surface area contributed by atoms with Crippen molar-refractivity contribution in [3.8, 4) is 5.75 Å². The van der Waals surface area contributed by atoms with E-state index in [9.17, 15) is 14.3 Å². The van der Waals surface area contributed by atoms with Gasteiger partial charge >= 0.3 is 13.5 Å². The zero-order valence-electron chi connectivity index (χ0n) is 19.9.